The molecule has 0 saturated heterocycles. The van der Waals surface area contributed by atoms with Crippen molar-refractivity contribution in [2.45, 2.75) is 48.5 Å². The molecule has 1 heterocycles. The topological polar surface area (TPSA) is 41.8 Å². The summed E-state index contributed by atoms with van der Waals surface area (Å²) in [6, 6.07) is 27.3. The van der Waals surface area contributed by atoms with Gasteiger partial charge in [0.25, 0.3) is 0 Å². The van der Waals surface area contributed by atoms with Gasteiger partial charge in [0.2, 0.25) is 0 Å². The SMILES string of the molecule is Cc1ccc(N=NC(=C2C=C(C(C)(C)C)C(=O)C(C(C)(C)C)=C2)c2cc3cc(-c4ccccc4)ccc3s2)cc1. The van der Waals surface area contributed by atoms with E-state index in [9.17, 15) is 4.79 Å². The number of benzene rings is 3. The summed E-state index contributed by atoms with van der Waals surface area (Å²) in [5, 5.41) is 10.7. The van der Waals surface area contributed by atoms with Crippen molar-refractivity contribution in [1.82, 2.24) is 0 Å². The van der Waals surface area contributed by atoms with Crippen LogP contribution in [0.1, 0.15) is 52.0 Å². The molecule has 3 nitrogen and oxygen atoms in total. The molecule has 0 spiro atoms. The number of hydrogen-bond donors (Lipinski definition) is 0. The fraction of sp³-hybridized carbons (Fsp3) is 0.250. The molecule has 0 aliphatic heterocycles. The third-order valence-corrected chi connectivity index (χ3v) is 8.26. The Hall–Kier alpha value is -3.89. The fourth-order valence-electron chi connectivity index (χ4n) is 4.82. The zero-order chi connectivity index (χ0) is 28.7. The van der Waals surface area contributed by atoms with Crippen molar-refractivity contribution in [2.24, 2.45) is 21.1 Å². The number of hydrogen-bond acceptors (Lipinski definition) is 4. The van der Waals surface area contributed by atoms with E-state index in [1.54, 1.807) is 11.3 Å². The molecule has 0 amide bonds. The molecule has 0 unspecified atom stereocenters. The summed E-state index contributed by atoms with van der Waals surface area (Å²) in [6.45, 7) is 14.6. The Morgan fingerprint density at radius 3 is 1.95 bits per heavy atom. The van der Waals surface area contributed by atoms with Gasteiger partial charge in [-0.15, -0.1) is 16.5 Å². The molecule has 202 valence electrons. The van der Waals surface area contributed by atoms with Crippen LogP contribution in [0.25, 0.3) is 26.9 Å². The van der Waals surface area contributed by atoms with Crippen molar-refractivity contribution in [3.05, 3.63) is 118 Å². The molecule has 0 atom stereocenters. The van der Waals surface area contributed by atoms with E-state index >= 15 is 0 Å². The van der Waals surface area contributed by atoms with Gasteiger partial charge >= 0.3 is 0 Å². The van der Waals surface area contributed by atoms with Crippen molar-refractivity contribution in [3.8, 4) is 11.1 Å². The summed E-state index contributed by atoms with van der Waals surface area (Å²) in [5.74, 6) is 0.113. The van der Waals surface area contributed by atoms with Crippen LogP contribution < -0.4 is 0 Å². The Balaban J connectivity index is 1.73. The molecule has 0 radical (unpaired) electrons. The molecule has 4 aromatic rings. The highest BCUT2D eigenvalue weighted by Gasteiger charge is 2.35. The number of rotatable bonds is 4. The number of aryl methyl sites for hydroxylation is 1. The van der Waals surface area contributed by atoms with Gasteiger partial charge in [-0.25, -0.2) is 0 Å². The number of fused-ring (bicyclic) bond motifs is 1. The molecule has 0 N–H and O–H groups in total. The Labute approximate surface area is 241 Å². The monoisotopic (exact) mass is 544 g/mol. The number of Topliss-reactive ketones (excluding diaryl/α,β-unsaturated/α-hetero) is 1. The number of nitrogens with zero attached hydrogens (tertiary/aromatic N) is 2. The number of carbonyl (C=O) groups is 1. The first-order valence-corrected chi connectivity index (χ1v) is 14.5. The smallest absolute Gasteiger partial charge is 0.186 e. The number of allylic oxidation sites excluding steroid dienone is 5. The molecule has 4 heteroatoms. The summed E-state index contributed by atoms with van der Waals surface area (Å²) in [4.78, 5) is 14.7. The molecule has 1 aliphatic rings. The lowest BCUT2D eigenvalue weighted by molar-refractivity contribution is -0.114. The van der Waals surface area contributed by atoms with Crippen LogP contribution in [0.3, 0.4) is 0 Å². The molecule has 5 rings (SSSR count). The van der Waals surface area contributed by atoms with E-state index in [4.69, 9.17) is 5.11 Å². The zero-order valence-corrected chi connectivity index (χ0v) is 25.2. The van der Waals surface area contributed by atoms with E-state index < -0.39 is 0 Å². The van der Waals surface area contributed by atoms with Gasteiger partial charge in [-0.2, -0.15) is 5.11 Å². The van der Waals surface area contributed by atoms with E-state index in [-0.39, 0.29) is 16.6 Å². The first kappa shape index (κ1) is 27.7. The minimum atomic E-state index is -0.308. The first-order valence-electron chi connectivity index (χ1n) is 13.7. The number of carbonyl (C=O) groups excluding carboxylic acids is 1. The average molecular weight is 545 g/mol. The van der Waals surface area contributed by atoms with E-state index in [0.29, 0.717) is 0 Å². The Kier molecular flexibility index (Phi) is 7.32. The molecule has 0 bridgehead atoms. The normalized spacial score (nSPS) is 14.6. The van der Waals surface area contributed by atoms with Crippen molar-refractivity contribution in [2.75, 3.05) is 0 Å². The van der Waals surface area contributed by atoms with Crippen LogP contribution in [0.15, 0.2) is 118 Å². The molecular formula is C36H36N2OS. The highest BCUT2D eigenvalue weighted by Crippen LogP contribution is 2.43. The van der Waals surface area contributed by atoms with Crippen LogP contribution in [-0.2, 0) is 4.79 Å². The van der Waals surface area contributed by atoms with Crippen molar-refractivity contribution < 1.29 is 4.79 Å². The van der Waals surface area contributed by atoms with Crippen molar-refractivity contribution in [1.29, 1.82) is 0 Å². The highest BCUT2D eigenvalue weighted by atomic mass is 32.1. The maximum absolute atomic E-state index is 13.6. The van der Waals surface area contributed by atoms with Crippen LogP contribution in [-0.4, -0.2) is 5.78 Å². The average Bonchev–Trinajstić information content (AvgIpc) is 3.32. The van der Waals surface area contributed by atoms with Gasteiger partial charge in [0.15, 0.2) is 5.78 Å². The first-order chi connectivity index (χ1) is 18.9. The number of azo groups is 1. The van der Waals surface area contributed by atoms with Gasteiger partial charge in [-0.1, -0.05) is 95.6 Å². The number of thiophene rings is 1. The molecule has 3 aromatic carbocycles. The van der Waals surface area contributed by atoms with E-state index in [2.05, 4.69) is 102 Å². The van der Waals surface area contributed by atoms with Crippen molar-refractivity contribution >= 4 is 38.6 Å². The van der Waals surface area contributed by atoms with E-state index in [1.807, 2.05) is 42.5 Å². The van der Waals surface area contributed by atoms with E-state index in [0.717, 1.165) is 38.4 Å². The fourth-order valence-corrected chi connectivity index (χ4v) is 5.87. The summed E-state index contributed by atoms with van der Waals surface area (Å²) < 4.78 is 1.19. The largest absolute Gasteiger partial charge is 0.289 e. The summed E-state index contributed by atoms with van der Waals surface area (Å²) >= 11 is 1.70. The Bertz CT molecular complexity index is 1660. The molecule has 0 fully saturated rings. The zero-order valence-electron chi connectivity index (χ0n) is 24.4. The van der Waals surface area contributed by atoms with Crippen molar-refractivity contribution in [3.63, 3.8) is 0 Å². The number of ketones is 1. The van der Waals surface area contributed by atoms with Gasteiger partial charge in [0.05, 0.1) is 10.6 Å². The third kappa shape index (κ3) is 5.83. The van der Waals surface area contributed by atoms with Crippen LogP contribution in [0, 0.1) is 17.8 Å². The second-order valence-corrected chi connectivity index (χ2v) is 13.6. The lowest BCUT2D eigenvalue weighted by Crippen LogP contribution is -2.28. The highest BCUT2D eigenvalue weighted by molar-refractivity contribution is 7.20. The summed E-state index contributed by atoms with van der Waals surface area (Å²) in [7, 11) is 0. The van der Waals surface area contributed by atoms with Crippen LogP contribution in [0.5, 0.6) is 0 Å². The molecule has 0 saturated carbocycles. The molecule has 40 heavy (non-hydrogen) atoms. The van der Waals surface area contributed by atoms with Gasteiger partial charge in [-0.3, -0.25) is 4.79 Å². The molecule has 1 aliphatic carbocycles. The van der Waals surface area contributed by atoms with Gasteiger partial charge in [0, 0.05) is 21.4 Å². The predicted octanol–water partition coefficient (Wildman–Crippen LogP) is 10.9. The maximum atomic E-state index is 13.6. The van der Waals surface area contributed by atoms with Crippen LogP contribution in [0.2, 0.25) is 0 Å². The molecular weight excluding hydrogens is 508 g/mol. The van der Waals surface area contributed by atoms with Crippen LogP contribution >= 0.6 is 11.3 Å². The van der Waals surface area contributed by atoms with Gasteiger partial charge in [-0.05, 0) is 76.8 Å². The minimum Gasteiger partial charge on any atom is -0.289 e. The summed E-state index contributed by atoms with van der Waals surface area (Å²) in [6.07, 6.45) is 4.06. The summed E-state index contributed by atoms with van der Waals surface area (Å²) in [5.41, 5.74) is 7.02. The lowest BCUT2D eigenvalue weighted by atomic mass is 9.71. The van der Waals surface area contributed by atoms with Gasteiger partial charge < -0.3 is 0 Å². The third-order valence-electron chi connectivity index (χ3n) is 7.13. The van der Waals surface area contributed by atoms with Crippen LogP contribution in [0.4, 0.5) is 5.69 Å². The second kappa shape index (κ2) is 10.6. The van der Waals surface area contributed by atoms with Gasteiger partial charge in [0.1, 0.15) is 5.70 Å². The quantitative estimate of drug-likeness (QED) is 0.236. The van der Waals surface area contributed by atoms with E-state index in [1.165, 1.54) is 21.4 Å². The lowest BCUT2D eigenvalue weighted by Gasteiger charge is -2.31. The standard InChI is InChI=1S/C36H36N2OS/c1-23-13-16-28(17-14-23)37-38-33(27-20-29(35(2,3)4)34(39)30(21-27)36(5,6)7)32-22-26-19-25(15-18-31(26)40-32)24-11-9-8-10-12-24/h8-22H,1-7H3. The second-order valence-electron chi connectivity index (χ2n) is 12.5. The Morgan fingerprint density at radius 1 is 0.725 bits per heavy atom. The Morgan fingerprint density at radius 2 is 1.35 bits per heavy atom. The predicted molar refractivity (Wildman–Crippen MR) is 170 cm³/mol. The maximum Gasteiger partial charge on any atom is 0.186 e. The minimum absolute atomic E-state index is 0.113. The molecule has 1 aromatic heterocycles.